The van der Waals surface area contributed by atoms with Crippen molar-refractivity contribution in [1.82, 2.24) is 4.98 Å². The number of ketones is 1. The molecule has 1 fully saturated rings. The van der Waals surface area contributed by atoms with Gasteiger partial charge in [0, 0.05) is 5.56 Å². The molecular weight excluding hydrogens is 479 g/mol. The molecular formula is C28H23FN2O4S. The highest BCUT2D eigenvalue weighted by atomic mass is 32.1. The van der Waals surface area contributed by atoms with E-state index in [1.165, 1.54) is 40.5 Å². The summed E-state index contributed by atoms with van der Waals surface area (Å²) in [6.45, 7) is 4.41. The number of hydrogen-bond donors (Lipinski definition) is 1. The number of hydrogen-bond acceptors (Lipinski definition) is 6. The molecule has 2 heterocycles. The number of halogens is 1. The molecule has 1 saturated heterocycles. The van der Waals surface area contributed by atoms with Gasteiger partial charge in [0.25, 0.3) is 5.78 Å². The van der Waals surface area contributed by atoms with Crippen molar-refractivity contribution in [2.24, 2.45) is 0 Å². The smallest absolute Gasteiger partial charge is 0.301 e. The standard InChI is InChI=1S/C28H23FN2O4S/c1-3-16-5-14-21-22(15-16)36-28(30-21)31-24(17-6-10-19(29)11-7-17)23(26(33)27(31)34)25(32)18-8-12-20(13-9-18)35-4-2/h5-15,24,32H,3-4H2,1-2H3/b25-23+/t24-/m0/s1. The van der Waals surface area contributed by atoms with E-state index >= 15 is 0 Å². The summed E-state index contributed by atoms with van der Waals surface area (Å²) in [7, 11) is 0. The van der Waals surface area contributed by atoms with E-state index < -0.39 is 23.5 Å². The van der Waals surface area contributed by atoms with Crippen LogP contribution in [0.3, 0.4) is 0 Å². The van der Waals surface area contributed by atoms with E-state index in [0.29, 0.717) is 34.1 Å². The van der Waals surface area contributed by atoms with Crippen LogP contribution in [0.25, 0.3) is 16.0 Å². The van der Waals surface area contributed by atoms with Crippen LogP contribution >= 0.6 is 11.3 Å². The zero-order chi connectivity index (χ0) is 25.4. The molecule has 1 aliphatic rings. The van der Waals surface area contributed by atoms with Crippen molar-refractivity contribution in [3.05, 3.63) is 94.8 Å². The monoisotopic (exact) mass is 502 g/mol. The molecule has 182 valence electrons. The van der Waals surface area contributed by atoms with Gasteiger partial charge < -0.3 is 9.84 Å². The zero-order valence-electron chi connectivity index (χ0n) is 19.7. The average molecular weight is 503 g/mol. The van der Waals surface area contributed by atoms with Crippen molar-refractivity contribution in [2.45, 2.75) is 26.3 Å². The number of aromatic nitrogens is 1. The second-order valence-corrected chi connectivity index (χ2v) is 9.34. The fourth-order valence-electron chi connectivity index (χ4n) is 4.30. The predicted octanol–water partition coefficient (Wildman–Crippen LogP) is 6.02. The third kappa shape index (κ3) is 4.13. The maximum atomic E-state index is 13.7. The number of amides is 1. The minimum absolute atomic E-state index is 0.0794. The van der Waals surface area contributed by atoms with E-state index in [0.717, 1.165) is 16.7 Å². The molecule has 0 aliphatic carbocycles. The number of aryl methyl sites for hydroxylation is 1. The fraction of sp³-hybridized carbons (Fsp3) is 0.179. The van der Waals surface area contributed by atoms with Crippen LogP contribution in [-0.2, 0) is 16.0 Å². The van der Waals surface area contributed by atoms with Crippen molar-refractivity contribution in [3.63, 3.8) is 0 Å². The van der Waals surface area contributed by atoms with Crippen molar-refractivity contribution < 1.29 is 23.8 Å². The second kappa shape index (κ2) is 9.54. The molecule has 0 saturated carbocycles. The summed E-state index contributed by atoms with van der Waals surface area (Å²) in [4.78, 5) is 32.6. The van der Waals surface area contributed by atoms with E-state index in [4.69, 9.17) is 4.74 Å². The normalized spacial score (nSPS) is 17.2. The van der Waals surface area contributed by atoms with E-state index in [9.17, 15) is 19.1 Å². The van der Waals surface area contributed by atoms with Crippen LogP contribution in [0.15, 0.2) is 72.3 Å². The van der Waals surface area contributed by atoms with Crippen LogP contribution in [0.5, 0.6) is 5.75 Å². The molecule has 6 nitrogen and oxygen atoms in total. The Bertz CT molecular complexity index is 1490. The first kappa shape index (κ1) is 23.7. The summed E-state index contributed by atoms with van der Waals surface area (Å²) in [6.07, 6.45) is 0.853. The molecule has 1 atom stereocenters. The van der Waals surface area contributed by atoms with Crippen molar-refractivity contribution >= 4 is 44.1 Å². The molecule has 1 aromatic heterocycles. The predicted molar refractivity (Wildman–Crippen MR) is 138 cm³/mol. The third-order valence-electron chi connectivity index (χ3n) is 6.12. The number of ether oxygens (including phenoxy) is 1. The van der Waals surface area contributed by atoms with Crippen LogP contribution in [-0.4, -0.2) is 28.4 Å². The summed E-state index contributed by atoms with van der Waals surface area (Å²) in [5.41, 5.74) is 2.60. The molecule has 5 rings (SSSR count). The molecule has 36 heavy (non-hydrogen) atoms. The second-order valence-electron chi connectivity index (χ2n) is 8.33. The van der Waals surface area contributed by atoms with Crippen LogP contribution < -0.4 is 9.64 Å². The Morgan fingerprint density at radius 1 is 1.06 bits per heavy atom. The Morgan fingerprint density at radius 2 is 1.78 bits per heavy atom. The van der Waals surface area contributed by atoms with Crippen molar-refractivity contribution in [3.8, 4) is 5.75 Å². The number of anilines is 1. The van der Waals surface area contributed by atoms with Gasteiger partial charge in [-0.1, -0.05) is 36.5 Å². The molecule has 8 heteroatoms. The van der Waals surface area contributed by atoms with Gasteiger partial charge in [0.1, 0.15) is 17.3 Å². The van der Waals surface area contributed by atoms with Gasteiger partial charge in [-0.15, -0.1) is 0 Å². The van der Waals surface area contributed by atoms with Gasteiger partial charge in [-0.2, -0.15) is 0 Å². The molecule has 0 spiro atoms. The van der Waals surface area contributed by atoms with Gasteiger partial charge >= 0.3 is 5.91 Å². The van der Waals surface area contributed by atoms with Crippen LogP contribution in [0.4, 0.5) is 9.52 Å². The molecule has 3 aromatic carbocycles. The molecule has 0 radical (unpaired) electrons. The van der Waals surface area contributed by atoms with E-state index in [-0.39, 0.29) is 11.3 Å². The SMILES string of the molecule is CCOc1ccc(/C(O)=C2\C(=O)C(=O)N(c3nc4ccc(CC)cc4s3)[C@H]2c2ccc(F)cc2)cc1. The number of fused-ring (bicyclic) bond motifs is 1. The maximum absolute atomic E-state index is 13.7. The highest BCUT2D eigenvalue weighted by molar-refractivity contribution is 7.22. The number of nitrogens with zero attached hydrogens (tertiary/aromatic N) is 2. The van der Waals surface area contributed by atoms with Gasteiger partial charge in [-0.25, -0.2) is 9.37 Å². The lowest BCUT2D eigenvalue weighted by Gasteiger charge is -2.23. The summed E-state index contributed by atoms with van der Waals surface area (Å²) >= 11 is 1.30. The zero-order valence-corrected chi connectivity index (χ0v) is 20.5. The number of aliphatic hydroxyl groups excluding tert-OH is 1. The van der Waals surface area contributed by atoms with Crippen molar-refractivity contribution in [1.29, 1.82) is 0 Å². The molecule has 0 unspecified atom stereocenters. The number of thiazole rings is 1. The fourth-order valence-corrected chi connectivity index (χ4v) is 5.36. The summed E-state index contributed by atoms with van der Waals surface area (Å²) < 4.78 is 20.1. The minimum Gasteiger partial charge on any atom is -0.507 e. The minimum atomic E-state index is -0.969. The van der Waals surface area contributed by atoms with E-state index in [2.05, 4.69) is 11.9 Å². The van der Waals surface area contributed by atoms with Crippen LogP contribution in [0.2, 0.25) is 0 Å². The third-order valence-corrected chi connectivity index (χ3v) is 7.14. The van der Waals surface area contributed by atoms with Gasteiger partial charge in [0.15, 0.2) is 5.13 Å². The highest BCUT2D eigenvalue weighted by Crippen LogP contribution is 2.44. The lowest BCUT2D eigenvalue weighted by Crippen LogP contribution is -2.29. The Labute approximate surface area is 211 Å². The number of carbonyl (C=O) groups excluding carboxylic acids is 2. The first-order valence-corrected chi connectivity index (χ1v) is 12.4. The maximum Gasteiger partial charge on any atom is 0.301 e. The Balaban J connectivity index is 1.67. The van der Waals surface area contributed by atoms with E-state index in [1.54, 1.807) is 24.3 Å². The first-order valence-electron chi connectivity index (χ1n) is 11.6. The lowest BCUT2D eigenvalue weighted by molar-refractivity contribution is -0.132. The van der Waals surface area contributed by atoms with Gasteiger partial charge in [-0.05, 0) is 73.0 Å². The summed E-state index contributed by atoms with van der Waals surface area (Å²) in [5.74, 6) is -1.78. The largest absolute Gasteiger partial charge is 0.507 e. The van der Waals surface area contributed by atoms with E-state index in [1.807, 2.05) is 25.1 Å². The first-order chi connectivity index (χ1) is 17.4. The van der Waals surface area contributed by atoms with Crippen molar-refractivity contribution in [2.75, 3.05) is 11.5 Å². The number of aliphatic hydroxyl groups is 1. The number of benzene rings is 3. The quantitative estimate of drug-likeness (QED) is 0.198. The Kier molecular flexibility index (Phi) is 6.28. The Hall–Kier alpha value is -4.04. The average Bonchev–Trinajstić information content (AvgIpc) is 3.42. The van der Waals surface area contributed by atoms with Gasteiger partial charge in [-0.3, -0.25) is 14.5 Å². The van der Waals surface area contributed by atoms with Crippen LogP contribution in [0, 0.1) is 5.82 Å². The van der Waals surface area contributed by atoms with Gasteiger partial charge in [0.2, 0.25) is 0 Å². The Morgan fingerprint density at radius 3 is 2.44 bits per heavy atom. The topological polar surface area (TPSA) is 79.7 Å². The lowest BCUT2D eigenvalue weighted by atomic mass is 9.95. The number of Topliss-reactive ketones (excluding diaryl/α,β-unsaturated/α-hetero) is 1. The summed E-state index contributed by atoms with van der Waals surface area (Å²) in [5, 5.41) is 11.6. The van der Waals surface area contributed by atoms with Gasteiger partial charge in [0.05, 0.1) is 28.4 Å². The number of rotatable bonds is 6. The summed E-state index contributed by atoms with van der Waals surface area (Å²) in [6, 6.07) is 17.1. The molecule has 1 N–H and O–H groups in total. The molecule has 4 aromatic rings. The molecule has 1 amide bonds. The highest BCUT2D eigenvalue weighted by Gasteiger charge is 2.48. The molecule has 0 bridgehead atoms. The van der Waals surface area contributed by atoms with Crippen LogP contribution in [0.1, 0.15) is 36.6 Å². The number of carbonyl (C=O) groups is 2. The molecule has 1 aliphatic heterocycles.